The molecular formula is C13H19NO3. The minimum Gasteiger partial charge on any atom is -0.469 e. The van der Waals surface area contributed by atoms with Crippen LogP contribution in [-0.4, -0.2) is 30.8 Å². The topological polar surface area (TPSA) is 58.6 Å². The number of aliphatic hydroxyl groups excluding tert-OH is 1. The zero-order chi connectivity index (χ0) is 12.5. The molecule has 0 aliphatic carbocycles. The molecular weight excluding hydrogens is 218 g/mol. The summed E-state index contributed by atoms with van der Waals surface area (Å²) in [6.45, 7) is 1.20. The zero-order valence-corrected chi connectivity index (χ0v) is 10.1. The summed E-state index contributed by atoms with van der Waals surface area (Å²) in [5.41, 5.74) is 1.17. The quantitative estimate of drug-likeness (QED) is 0.697. The maximum absolute atomic E-state index is 10.9. The summed E-state index contributed by atoms with van der Waals surface area (Å²) in [6, 6.07) is 9.96. The number of methoxy groups -OCH3 is 1. The van der Waals surface area contributed by atoms with E-state index in [2.05, 4.69) is 10.1 Å². The maximum Gasteiger partial charge on any atom is 0.305 e. The molecule has 1 rings (SSSR count). The van der Waals surface area contributed by atoms with Crippen molar-refractivity contribution in [3.05, 3.63) is 35.9 Å². The number of hydrogen-bond donors (Lipinski definition) is 2. The molecule has 94 valence electrons. The predicted molar refractivity (Wildman–Crippen MR) is 65.4 cm³/mol. The normalized spacial score (nSPS) is 12.1. The van der Waals surface area contributed by atoms with Gasteiger partial charge in [0, 0.05) is 19.5 Å². The van der Waals surface area contributed by atoms with Gasteiger partial charge in [-0.3, -0.25) is 4.79 Å². The van der Waals surface area contributed by atoms with Crippen LogP contribution in [-0.2, 0) is 16.1 Å². The van der Waals surface area contributed by atoms with E-state index in [0.717, 1.165) is 6.54 Å². The highest BCUT2D eigenvalue weighted by Gasteiger charge is 2.07. The van der Waals surface area contributed by atoms with Gasteiger partial charge in [-0.1, -0.05) is 30.3 Å². The Kier molecular flexibility index (Phi) is 6.29. The standard InChI is InChI=1S/C13H19NO3/c1-17-13(16)8-7-12(15)10-14-9-11-5-3-2-4-6-11/h2-6,12,14-15H,7-10H2,1H3. The largest absolute Gasteiger partial charge is 0.469 e. The fourth-order valence-electron chi connectivity index (χ4n) is 1.47. The molecule has 17 heavy (non-hydrogen) atoms. The van der Waals surface area contributed by atoms with Crippen LogP contribution in [0.5, 0.6) is 0 Å². The Balaban J connectivity index is 2.12. The average Bonchev–Trinajstić information content (AvgIpc) is 2.37. The van der Waals surface area contributed by atoms with Crippen molar-refractivity contribution < 1.29 is 14.6 Å². The number of esters is 1. The minimum atomic E-state index is -0.516. The van der Waals surface area contributed by atoms with Crippen molar-refractivity contribution in [3.63, 3.8) is 0 Å². The zero-order valence-electron chi connectivity index (χ0n) is 10.1. The van der Waals surface area contributed by atoms with Gasteiger partial charge in [0.05, 0.1) is 13.2 Å². The van der Waals surface area contributed by atoms with Gasteiger partial charge in [-0.2, -0.15) is 0 Å². The molecule has 0 spiro atoms. The smallest absolute Gasteiger partial charge is 0.305 e. The van der Waals surface area contributed by atoms with Gasteiger partial charge in [-0.05, 0) is 12.0 Å². The van der Waals surface area contributed by atoms with Crippen molar-refractivity contribution in [2.75, 3.05) is 13.7 Å². The fraction of sp³-hybridized carbons (Fsp3) is 0.462. The number of carbonyl (C=O) groups excluding carboxylic acids is 1. The van der Waals surface area contributed by atoms with Crippen LogP contribution in [0.25, 0.3) is 0 Å². The molecule has 1 atom stereocenters. The van der Waals surface area contributed by atoms with Crippen LogP contribution in [0.15, 0.2) is 30.3 Å². The van der Waals surface area contributed by atoms with E-state index in [1.807, 2.05) is 30.3 Å². The SMILES string of the molecule is COC(=O)CCC(O)CNCc1ccccc1. The monoisotopic (exact) mass is 237 g/mol. The van der Waals surface area contributed by atoms with Crippen LogP contribution < -0.4 is 5.32 Å². The molecule has 0 radical (unpaired) electrons. The van der Waals surface area contributed by atoms with E-state index >= 15 is 0 Å². The van der Waals surface area contributed by atoms with E-state index in [1.54, 1.807) is 0 Å². The fourth-order valence-corrected chi connectivity index (χ4v) is 1.47. The van der Waals surface area contributed by atoms with E-state index in [9.17, 15) is 9.90 Å². The first-order valence-electron chi connectivity index (χ1n) is 5.72. The van der Waals surface area contributed by atoms with Gasteiger partial charge >= 0.3 is 5.97 Å². The van der Waals surface area contributed by atoms with Gasteiger partial charge in [0.25, 0.3) is 0 Å². The number of benzene rings is 1. The number of ether oxygens (including phenoxy) is 1. The molecule has 1 unspecified atom stereocenters. The highest BCUT2D eigenvalue weighted by Crippen LogP contribution is 2.00. The lowest BCUT2D eigenvalue weighted by Crippen LogP contribution is -2.27. The van der Waals surface area contributed by atoms with Crippen molar-refractivity contribution in [1.82, 2.24) is 5.32 Å². The van der Waals surface area contributed by atoms with E-state index in [4.69, 9.17) is 0 Å². The van der Waals surface area contributed by atoms with Crippen LogP contribution in [0.1, 0.15) is 18.4 Å². The number of hydrogen-bond acceptors (Lipinski definition) is 4. The van der Waals surface area contributed by atoms with Crippen molar-refractivity contribution >= 4 is 5.97 Å². The van der Waals surface area contributed by atoms with E-state index in [1.165, 1.54) is 12.7 Å². The van der Waals surface area contributed by atoms with Crippen molar-refractivity contribution in [1.29, 1.82) is 0 Å². The summed E-state index contributed by atoms with van der Waals surface area (Å²) in [5.74, 6) is -0.285. The Labute approximate surface area is 102 Å². The van der Waals surface area contributed by atoms with Crippen LogP contribution in [0.3, 0.4) is 0 Å². The minimum absolute atomic E-state index is 0.255. The molecule has 2 N–H and O–H groups in total. The second-order valence-corrected chi connectivity index (χ2v) is 3.89. The van der Waals surface area contributed by atoms with Crippen LogP contribution >= 0.6 is 0 Å². The average molecular weight is 237 g/mol. The van der Waals surface area contributed by atoms with Gasteiger partial charge in [0.15, 0.2) is 0 Å². The van der Waals surface area contributed by atoms with E-state index in [0.29, 0.717) is 13.0 Å². The Hall–Kier alpha value is -1.39. The van der Waals surface area contributed by atoms with Crippen molar-refractivity contribution in [2.24, 2.45) is 0 Å². The van der Waals surface area contributed by atoms with Crippen molar-refractivity contribution in [2.45, 2.75) is 25.5 Å². The summed E-state index contributed by atoms with van der Waals surface area (Å²) >= 11 is 0. The van der Waals surface area contributed by atoms with Crippen LogP contribution in [0.4, 0.5) is 0 Å². The number of aliphatic hydroxyl groups is 1. The van der Waals surface area contributed by atoms with Crippen LogP contribution in [0, 0.1) is 0 Å². The van der Waals surface area contributed by atoms with E-state index in [-0.39, 0.29) is 12.4 Å². The Morgan fingerprint density at radius 3 is 2.76 bits per heavy atom. The van der Waals surface area contributed by atoms with Crippen LogP contribution in [0.2, 0.25) is 0 Å². The second kappa shape index (κ2) is 7.81. The molecule has 1 aromatic carbocycles. The molecule has 0 heterocycles. The first kappa shape index (κ1) is 13.7. The molecule has 0 aliphatic heterocycles. The number of carbonyl (C=O) groups is 1. The second-order valence-electron chi connectivity index (χ2n) is 3.89. The lowest BCUT2D eigenvalue weighted by Gasteiger charge is -2.11. The first-order chi connectivity index (χ1) is 8.22. The number of rotatable bonds is 7. The van der Waals surface area contributed by atoms with Gasteiger partial charge in [-0.15, -0.1) is 0 Å². The highest BCUT2D eigenvalue weighted by atomic mass is 16.5. The van der Waals surface area contributed by atoms with Crippen molar-refractivity contribution in [3.8, 4) is 0 Å². The number of nitrogens with one attached hydrogen (secondary N) is 1. The molecule has 1 aromatic rings. The lowest BCUT2D eigenvalue weighted by atomic mass is 10.2. The molecule has 0 bridgehead atoms. The summed E-state index contributed by atoms with van der Waals surface area (Å²) in [6.07, 6.45) is 0.164. The third-order valence-electron chi connectivity index (χ3n) is 2.46. The molecule has 0 amide bonds. The molecule has 0 aliphatic rings. The maximum atomic E-state index is 10.9. The molecule has 0 saturated carbocycles. The van der Waals surface area contributed by atoms with Gasteiger partial charge in [0.2, 0.25) is 0 Å². The molecule has 0 saturated heterocycles. The first-order valence-corrected chi connectivity index (χ1v) is 5.72. The summed E-state index contributed by atoms with van der Waals surface area (Å²) in [7, 11) is 1.35. The molecule has 4 heteroatoms. The lowest BCUT2D eigenvalue weighted by molar-refractivity contribution is -0.141. The Morgan fingerprint density at radius 1 is 1.41 bits per heavy atom. The molecule has 0 aromatic heterocycles. The summed E-state index contributed by atoms with van der Waals surface area (Å²) < 4.78 is 4.50. The Morgan fingerprint density at radius 2 is 2.12 bits per heavy atom. The third-order valence-corrected chi connectivity index (χ3v) is 2.46. The Bertz CT molecular complexity index is 327. The molecule has 0 fully saturated rings. The van der Waals surface area contributed by atoms with E-state index < -0.39 is 6.10 Å². The summed E-state index contributed by atoms with van der Waals surface area (Å²) in [5, 5.41) is 12.7. The predicted octanol–water partition coefficient (Wildman–Crippen LogP) is 1.09. The van der Waals surface area contributed by atoms with Gasteiger partial charge < -0.3 is 15.2 Å². The van der Waals surface area contributed by atoms with Gasteiger partial charge in [-0.25, -0.2) is 0 Å². The third kappa shape index (κ3) is 6.04. The highest BCUT2D eigenvalue weighted by molar-refractivity contribution is 5.69. The van der Waals surface area contributed by atoms with Gasteiger partial charge in [0.1, 0.15) is 0 Å². The summed E-state index contributed by atoms with van der Waals surface area (Å²) in [4.78, 5) is 10.9. The molecule has 4 nitrogen and oxygen atoms in total.